The molecule has 1 saturated heterocycles. The minimum Gasteiger partial charge on any atom is -0.370 e. The largest absolute Gasteiger partial charge is 0.370 e. The van der Waals surface area contributed by atoms with Gasteiger partial charge in [-0.05, 0) is 45.0 Å². The van der Waals surface area contributed by atoms with E-state index in [4.69, 9.17) is 0 Å². The zero-order valence-electron chi connectivity index (χ0n) is 12.4. The van der Waals surface area contributed by atoms with Gasteiger partial charge in [0.05, 0.1) is 0 Å². The molecule has 0 aliphatic carbocycles. The number of piperidine rings is 1. The van der Waals surface area contributed by atoms with E-state index >= 15 is 0 Å². The fourth-order valence-electron chi connectivity index (χ4n) is 2.53. The number of amides is 1. The van der Waals surface area contributed by atoms with Crippen LogP contribution in [0, 0.1) is 5.92 Å². The van der Waals surface area contributed by atoms with Crippen molar-refractivity contribution in [1.29, 1.82) is 0 Å². The van der Waals surface area contributed by atoms with Crippen molar-refractivity contribution in [3.8, 4) is 0 Å². The van der Waals surface area contributed by atoms with Crippen molar-refractivity contribution in [1.82, 2.24) is 10.6 Å². The molecular weight excluding hydrogens is 250 g/mol. The summed E-state index contributed by atoms with van der Waals surface area (Å²) in [5.41, 5.74) is 1.18. The van der Waals surface area contributed by atoms with E-state index in [2.05, 4.69) is 41.6 Å². The number of carbonyl (C=O) groups excluding carboxylic acids is 1. The second-order valence-electron chi connectivity index (χ2n) is 5.56. The van der Waals surface area contributed by atoms with E-state index in [1.165, 1.54) is 5.69 Å². The Kier molecular flexibility index (Phi) is 5.41. The minimum absolute atomic E-state index is 0.186. The quantitative estimate of drug-likeness (QED) is 0.858. The molecule has 0 radical (unpaired) electrons. The van der Waals surface area contributed by atoms with Gasteiger partial charge < -0.3 is 15.5 Å². The van der Waals surface area contributed by atoms with E-state index < -0.39 is 0 Å². The van der Waals surface area contributed by atoms with Crippen LogP contribution in [0.1, 0.15) is 19.8 Å². The van der Waals surface area contributed by atoms with Gasteiger partial charge in [-0.15, -0.1) is 0 Å². The van der Waals surface area contributed by atoms with Gasteiger partial charge in [0.15, 0.2) is 0 Å². The number of nitrogens with zero attached hydrogens (tertiary/aromatic N) is 1. The van der Waals surface area contributed by atoms with Gasteiger partial charge in [0, 0.05) is 31.2 Å². The maximum atomic E-state index is 12.1. The Morgan fingerprint density at radius 3 is 2.65 bits per heavy atom. The predicted octanol–water partition coefficient (Wildman–Crippen LogP) is 1.63. The van der Waals surface area contributed by atoms with Crippen molar-refractivity contribution in [3.05, 3.63) is 30.3 Å². The number of anilines is 1. The van der Waals surface area contributed by atoms with E-state index in [1.54, 1.807) is 0 Å². The molecule has 1 unspecified atom stereocenters. The zero-order chi connectivity index (χ0) is 14.4. The Morgan fingerprint density at radius 2 is 2.00 bits per heavy atom. The second-order valence-corrected chi connectivity index (χ2v) is 5.56. The topological polar surface area (TPSA) is 44.4 Å². The van der Waals surface area contributed by atoms with Crippen LogP contribution in [-0.4, -0.2) is 38.6 Å². The molecule has 1 amide bonds. The molecule has 1 atom stereocenters. The molecule has 4 heteroatoms. The molecule has 1 aliphatic rings. The van der Waals surface area contributed by atoms with Gasteiger partial charge in [-0.3, -0.25) is 4.79 Å². The van der Waals surface area contributed by atoms with E-state index in [9.17, 15) is 4.79 Å². The van der Waals surface area contributed by atoms with E-state index in [0.29, 0.717) is 6.54 Å². The number of nitrogens with one attached hydrogen (secondary N) is 2. The molecule has 1 fully saturated rings. The number of hydrogen-bond donors (Lipinski definition) is 2. The second kappa shape index (κ2) is 7.29. The summed E-state index contributed by atoms with van der Waals surface area (Å²) in [6.07, 6.45) is 1.91. The standard InChI is InChI=1S/C16H25N3O/c1-13(19(2)15-6-4-3-5-7-15)12-18-16(20)14-8-10-17-11-9-14/h3-7,13-14,17H,8-12H2,1-2H3,(H,18,20). The molecule has 20 heavy (non-hydrogen) atoms. The molecular formula is C16H25N3O. The van der Waals surface area contributed by atoms with E-state index in [-0.39, 0.29) is 17.9 Å². The summed E-state index contributed by atoms with van der Waals surface area (Å²) in [4.78, 5) is 14.3. The maximum Gasteiger partial charge on any atom is 0.223 e. The summed E-state index contributed by atoms with van der Waals surface area (Å²) in [6.45, 7) is 4.74. The lowest BCUT2D eigenvalue weighted by Gasteiger charge is -2.28. The summed E-state index contributed by atoms with van der Waals surface area (Å²) in [5, 5.41) is 6.38. The average molecular weight is 275 g/mol. The zero-order valence-corrected chi connectivity index (χ0v) is 12.4. The van der Waals surface area contributed by atoms with Crippen molar-refractivity contribution < 1.29 is 4.79 Å². The highest BCUT2D eigenvalue weighted by atomic mass is 16.1. The lowest BCUT2D eigenvalue weighted by Crippen LogP contribution is -2.44. The van der Waals surface area contributed by atoms with Gasteiger partial charge in [-0.25, -0.2) is 0 Å². The third kappa shape index (κ3) is 3.97. The highest BCUT2D eigenvalue weighted by molar-refractivity contribution is 5.78. The van der Waals surface area contributed by atoms with Gasteiger partial charge in [-0.1, -0.05) is 18.2 Å². The first kappa shape index (κ1) is 14.9. The van der Waals surface area contributed by atoms with Crippen LogP contribution >= 0.6 is 0 Å². The number of likely N-dealkylation sites (N-methyl/N-ethyl adjacent to an activating group) is 1. The summed E-state index contributed by atoms with van der Waals surface area (Å²) in [7, 11) is 2.07. The summed E-state index contributed by atoms with van der Waals surface area (Å²) >= 11 is 0. The number of hydrogen-bond acceptors (Lipinski definition) is 3. The molecule has 0 saturated carbocycles. The molecule has 1 aromatic carbocycles. The normalized spacial score (nSPS) is 17.5. The lowest BCUT2D eigenvalue weighted by molar-refractivity contribution is -0.125. The van der Waals surface area contributed by atoms with Crippen LogP contribution in [0.15, 0.2) is 30.3 Å². The van der Waals surface area contributed by atoms with Crippen molar-refractivity contribution >= 4 is 11.6 Å². The van der Waals surface area contributed by atoms with Crippen molar-refractivity contribution in [2.24, 2.45) is 5.92 Å². The minimum atomic E-state index is 0.186. The highest BCUT2D eigenvalue weighted by Gasteiger charge is 2.21. The summed E-state index contributed by atoms with van der Waals surface area (Å²) < 4.78 is 0. The first-order valence-corrected chi connectivity index (χ1v) is 7.45. The lowest BCUT2D eigenvalue weighted by atomic mass is 9.97. The number of rotatable bonds is 5. The maximum absolute atomic E-state index is 12.1. The summed E-state index contributed by atoms with van der Waals surface area (Å²) in [5.74, 6) is 0.394. The molecule has 2 rings (SSSR count). The molecule has 2 N–H and O–H groups in total. The van der Waals surface area contributed by atoms with Crippen molar-refractivity contribution in [2.45, 2.75) is 25.8 Å². The Labute approximate surface area is 121 Å². The number of carbonyl (C=O) groups is 1. The monoisotopic (exact) mass is 275 g/mol. The van der Waals surface area contributed by atoms with Crippen LogP contribution < -0.4 is 15.5 Å². The van der Waals surface area contributed by atoms with Gasteiger partial charge in [-0.2, -0.15) is 0 Å². The third-order valence-electron chi connectivity index (χ3n) is 4.11. The molecule has 1 aromatic rings. The SMILES string of the molecule is CC(CNC(=O)C1CCNCC1)N(C)c1ccccc1. The third-order valence-corrected chi connectivity index (χ3v) is 4.11. The first-order valence-electron chi connectivity index (χ1n) is 7.45. The summed E-state index contributed by atoms with van der Waals surface area (Å²) in [6, 6.07) is 10.5. The average Bonchev–Trinajstić information content (AvgIpc) is 2.53. The molecule has 1 heterocycles. The van der Waals surface area contributed by atoms with Crippen LogP contribution in [0.3, 0.4) is 0 Å². The molecule has 1 aliphatic heterocycles. The van der Waals surface area contributed by atoms with Crippen LogP contribution in [0.5, 0.6) is 0 Å². The van der Waals surface area contributed by atoms with E-state index in [1.807, 2.05) is 18.2 Å². The Morgan fingerprint density at radius 1 is 1.35 bits per heavy atom. The molecule has 110 valence electrons. The van der Waals surface area contributed by atoms with Crippen molar-refractivity contribution in [3.63, 3.8) is 0 Å². The predicted molar refractivity (Wildman–Crippen MR) is 82.9 cm³/mol. The highest BCUT2D eigenvalue weighted by Crippen LogP contribution is 2.14. The van der Waals surface area contributed by atoms with Gasteiger partial charge >= 0.3 is 0 Å². The molecule has 0 bridgehead atoms. The number of benzene rings is 1. The van der Waals surface area contributed by atoms with Gasteiger partial charge in [0.25, 0.3) is 0 Å². The van der Waals surface area contributed by atoms with Gasteiger partial charge in [0.2, 0.25) is 5.91 Å². The van der Waals surface area contributed by atoms with Crippen LogP contribution in [0.2, 0.25) is 0 Å². The Hall–Kier alpha value is -1.55. The Bertz CT molecular complexity index is 415. The van der Waals surface area contributed by atoms with E-state index in [0.717, 1.165) is 25.9 Å². The fraction of sp³-hybridized carbons (Fsp3) is 0.562. The van der Waals surface area contributed by atoms with Crippen LogP contribution in [0.4, 0.5) is 5.69 Å². The smallest absolute Gasteiger partial charge is 0.223 e. The molecule has 4 nitrogen and oxygen atoms in total. The van der Waals surface area contributed by atoms with Gasteiger partial charge in [0.1, 0.15) is 0 Å². The van der Waals surface area contributed by atoms with Crippen molar-refractivity contribution in [2.75, 3.05) is 31.6 Å². The molecule has 0 aromatic heterocycles. The Balaban J connectivity index is 1.79. The van der Waals surface area contributed by atoms with Crippen LogP contribution in [-0.2, 0) is 4.79 Å². The number of para-hydroxylation sites is 1. The van der Waals surface area contributed by atoms with Crippen LogP contribution in [0.25, 0.3) is 0 Å². The molecule has 0 spiro atoms. The first-order chi connectivity index (χ1) is 9.68. The fourth-order valence-corrected chi connectivity index (χ4v) is 2.53.